The molecule has 1 N–H and O–H groups in total. The summed E-state index contributed by atoms with van der Waals surface area (Å²) in [6.45, 7) is 4.26. The van der Waals surface area contributed by atoms with Gasteiger partial charge in [0.1, 0.15) is 16.2 Å². The summed E-state index contributed by atoms with van der Waals surface area (Å²) in [5.74, 6) is -0.842. The van der Waals surface area contributed by atoms with Crippen LogP contribution in [0.1, 0.15) is 25.1 Å². The minimum absolute atomic E-state index is 0.198. The molecule has 2 amide bonds. The van der Waals surface area contributed by atoms with Gasteiger partial charge >= 0.3 is 0 Å². The average Bonchev–Trinajstić information content (AvgIpc) is 2.86. The van der Waals surface area contributed by atoms with Crippen molar-refractivity contribution in [3.05, 3.63) is 53.7 Å². The van der Waals surface area contributed by atoms with Crippen LogP contribution in [0.3, 0.4) is 0 Å². The van der Waals surface area contributed by atoms with E-state index in [2.05, 4.69) is 18.8 Å². The van der Waals surface area contributed by atoms with Crippen LogP contribution in [0.4, 0.5) is 5.69 Å². The number of nitrogens with zero attached hydrogens (tertiary/aromatic N) is 2. The molecule has 0 radical (unpaired) electrons. The van der Waals surface area contributed by atoms with Crippen LogP contribution in [0.15, 0.2) is 47.5 Å². The zero-order chi connectivity index (χ0) is 18.4. The Hall–Kier alpha value is -2.47. The Balaban J connectivity index is 1.71. The van der Waals surface area contributed by atoms with E-state index in [4.69, 9.17) is 5.41 Å². The van der Waals surface area contributed by atoms with E-state index in [0.717, 1.165) is 12.1 Å². The van der Waals surface area contributed by atoms with Crippen LogP contribution in [0, 0.1) is 17.2 Å². The van der Waals surface area contributed by atoms with Gasteiger partial charge in [-0.25, -0.2) is 9.88 Å². The predicted octanol–water partition coefficient (Wildman–Crippen LogP) is 3.31. The highest BCUT2D eigenvalue weighted by atomic mass is 32.2. The molecule has 3 heterocycles. The molecule has 0 saturated carbocycles. The summed E-state index contributed by atoms with van der Waals surface area (Å²) in [6.07, 6.45) is 0.846. The fraction of sp³-hybridized carbons (Fsp3) is 0.300. The first-order valence-electron chi connectivity index (χ1n) is 8.65. The molecule has 132 valence electrons. The summed E-state index contributed by atoms with van der Waals surface area (Å²) in [4.78, 5) is 31.7. The van der Waals surface area contributed by atoms with Gasteiger partial charge in [-0.05, 0) is 36.6 Å². The van der Waals surface area contributed by atoms with Gasteiger partial charge in [-0.15, -0.1) is 0 Å². The lowest BCUT2D eigenvalue weighted by molar-refractivity contribution is -0.121. The molecule has 0 bridgehead atoms. The van der Waals surface area contributed by atoms with Gasteiger partial charge < -0.3 is 5.41 Å². The molecule has 1 fully saturated rings. The van der Waals surface area contributed by atoms with Crippen molar-refractivity contribution in [1.82, 2.24) is 4.98 Å². The monoisotopic (exact) mass is 365 g/mol. The molecular formula is C20H19N3O2S. The Morgan fingerprint density at radius 2 is 1.85 bits per heavy atom. The van der Waals surface area contributed by atoms with Gasteiger partial charge in [0.15, 0.2) is 0 Å². The van der Waals surface area contributed by atoms with Gasteiger partial charge in [-0.3, -0.25) is 9.59 Å². The lowest BCUT2D eigenvalue weighted by atomic mass is 9.94. The molecule has 2 aliphatic heterocycles. The standard InChI is InChI=1S/C20H19N3O2S/c1-11(2)10-12-8-9-14-16(21)15-17(26-18(14)22-12)20(25)23(19(15)24)13-6-4-3-5-7-13/h3-9,11,15,17,21H,10H2,1-2H3/t15-,17+/m1/s1. The largest absolute Gasteiger partial charge is 0.304 e. The molecule has 2 aliphatic rings. The molecule has 2 aromatic rings. The van der Waals surface area contributed by atoms with Crippen molar-refractivity contribution in [3.8, 4) is 0 Å². The first-order chi connectivity index (χ1) is 12.5. The van der Waals surface area contributed by atoms with Gasteiger partial charge in [0.05, 0.1) is 11.4 Å². The zero-order valence-corrected chi connectivity index (χ0v) is 15.4. The topological polar surface area (TPSA) is 74.1 Å². The summed E-state index contributed by atoms with van der Waals surface area (Å²) in [7, 11) is 0. The molecule has 2 atom stereocenters. The van der Waals surface area contributed by atoms with Gasteiger partial charge in [0.25, 0.3) is 0 Å². The number of aromatic nitrogens is 1. The molecule has 0 spiro atoms. The number of benzene rings is 1. The van der Waals surface area contributed by atoms with Crippen LogP contribution in [-0.4, -0.2) is 27.8 Å². The molecule has 26 heavy (non-hydrogen) atoms. The smallest absolute Gasteiger partial charge is 0.248 e. The number of anilines is 1. The maximum Gasteiger partial charge on any atom is 0.248 e. The third kappa shape index (κ3) is 2.65. The number of para-hydroxylation sites is 1. The number of imide groups is 1. The number of nitrogens with one attached hydrogen (secondary N) is 1. The number of rotatable bonds is 3. The van der Waals surface area contributed by atoms with Crippen molar-refractivity contribution in [2.45, 2.75) is 30.5 Å². The Bertz CT molecular complexity index is 911. The fourth-order valence-corrected chi connectivity index (χ4v) is 4.78. The molecule has 4 rings (SSSR count). The summed E-state index contributed by atoms with van der Waals surface area (Å²) in [5.41, 5.74) is 2.38. The van der Waals surface area contributed by atoms with Crippen LogP contribution >= 0.6 is 11.8 Å². The van der Waals surface area contributed by atoms with E-state index >= 15 is 0 Å². The minimum atomic E-state index is -0.738. The molecule has 6 heteroatoms. The Kier molecular flexibility index (Phi) is 4.15. The second kappa shape index (κ2) is 6.36. The Morgan fingerprint density at radius 1 is 1.12 bits per heavy atom. The molecule has 0 unspecified atom stereocenters. The zero-order valence-electron chi connectivity index (χ0n) is 14.6. The van der Waals surface area contributed by atoms with Crippen molar-refractivity contribution in [2.75, 3.05) is 4.90 Å². The Morgan fingerprint density at radius 3 is 2.54 bits per heavy atom. The van der Waals surface area contributed by atoms with Gasteiger partial charge in [0.2, 0.25) is 11.8 Å². The number of hydrogen-bond acceptors (Lipinski definition) is 5. The van der Waals surface area contributed by atoms with E-state index in [1.165, 1.54) is 16.7 Å². The minimum Gasteiger partial charge on any atom is -0.304 e. The van der Waals surface area contributed by atoms with Crippen molar-refractivity contribution in [1.29, 1.82) is 5.41 Å². The summed E-state index contributed by atoms with van der Waals surface area (Å²) in [6, 6.07) is 12.7. The number of fused-ring (bicyclic) bond motifs is 2. The van der Waals surface area contributed by atoms with Gasteiger partial charge in [-0.2, -0.15) is 0 Å². The van der Waals surface area contributed by atoms with Gasteiger partial charge in [-0.1, -0.05) is 43.8 Å². The number of hydrogen-bond donors (Lipinski definition) is 1. The highest BCUT2D eigenvalue weighted by Gasteiger charge is 2.53. The van der Waals surface area contributed by atoms with Crippen LogP contribution in [0.2, 0.25) is 0 Å². The number of carbonyl (C=O) groups is 2. The summed E-state index contributed by atoms with van der Waals surface area (Å²) >= 11 is 1.32. The van der Waals surface area contributed by atoms with Crippen LogP contribution in [-0.2, 0) is 16.0 Å². The fourth-order valence-electron chi connectivity index (χ4n) is 3.47. The average molecular weight is 365 g/mol. The lowest BCUT2D eigenvalue weighted by Gasteiger charge is -2.24. The quantitative estimate of drug-likeness (QED) is 0.847. The highest BCUT2D eigenvalue weighted by molar-refractivity contribution is 8.00. The molecule has 0 aliphatic carbocycles. The number of carbonyl (C=O) groups excluding carboxylic acids is 2. The van der Waals surface area contributed by atoms with Crippen LogP contribution in [0.25, 0.3) is 0 Å². The first kappa shape index (κ1) is 17.0. The first-order valence-corrected chi connectivity index (χ1v) is 9.53. The third-order valence-electron chi connectivity index (χ3n) is 4.64. The molecule has 1 aromatic heterocycles. The maximum atomic E-state index is 12.9. The van der Waals surface area contributed by atoms with Crippen molar-refractivity contribution < 1.29 is 9.59 Å². The third-order valence-corrected chi connectivity index (χ3v) is 5.90. The molecule has 1 aromatic carbocycles. The van der Waals surface area contributed by atoms with Crippen LogP contribution < -0.4 is 4.90 Å². The van der Waals surface area contributed by atoms with E-state index in [-0.39, 0.29) is 17.5 Å². The van der Waals surface area contributed by atoms with Crippen molar-refractivity contribution in [2.24, 2.45) is 11.8 Å². The summed E-state index contributed by atoms with van der Waals surface area (Å²) in [5, 5.41) is 8.61. The van der Waals surface area contributed by atoms with E-state index < -0.39 is 11.2 Å². The van der Waals surface area contributed by atoms with E-state index in [1.807, 2.05) is 18.2 Å². The second-order valence-electron chi connectivity index (χ2n) is 7.03. The predicted molar refractivity (Wildman–Crippen MR) is 102 cm³/mol. The molecule has 1 saturated heterocycles. The van der Waals surface area contributed by atoms with Crippen molar-refractivity contribution in [3.63, 3.8) is 0 Å². The molecular weight excluding hydrogens is 346 g/mol. The number of thioether (sulfide) groups is 1. The normalized spacial score (nSPS) is 22.0. The lowest BCUT2D eigenvalue weighted by Crippen LogP contribution is -2.33. The molecule has 5 nitrogen and oxygen atoms in total. The van der Waals surface area contributed by atoms with Crippen LogP contribution in [0.5, 0.6) is 0 Å². The van der Waals surface area contributed by atoms with E-state index in [0.29, 0.717) is 22.2 Å². The summed E-state index contributed by atoms with van der Waals surface area (Å²) < 4.78 is 0. The highest BCUT2D eigenvalue weighted by Crippen LogP contribution is 2.43. The van der Waals surface area contributed by atoms with E-state index in [1.54, 1.807) is 24.3 Å². The van der Waals surface area contributed by atoms with E-state index in [9.17, 15) is 9.59 Å². The number of amides is 2. The number of pyridine rings is 1. The van der Waals surface area contributed by atoms with Crippen molar-refractivity contribution >= 4 is 35.0 Å². The Labute approximate surface area is 156 Å². The maximum absolute atomic E-state index is 12.9. The van der Waals surface area contributed by atoms with Gasteiger partial charge in [0, 0.05) is 11.3 Å². The SMILES string of the molecule is CC(C)Cc1ccc2c(n1)S[C@@H]1C(=O)N(c3ccccc3)C(=O)[C@@H]1C2=N. The second-order valence-corrected chi connectivity index (χ2v) is 8.16.